The summed E-state index contributed by atoms with van der Waals surface area (Å²) in [5.74, 6) is 0. The first-order valence-electron chi connectivity index (χ1n) is 11.1. The molecule has 0 radical (unpaired) electrons. The topological polar surface area (TPSA) is 45.4 Å². The van der Waals surface area contributed by atoms with Gasteiger partial charge in [0.05, 0.1) is 5.52 Å². The monoisotopic (exact) mass is 425 g/mol. The van der Waals surface area contributed by atoms with Gasteiger partial charge in [0.25, 0.3) is 0 Å². The summed E-state index contributed by atoms with van der Waals surface area (Å²) in [6.45, 7) is 11.8. The van der Waals surface area contributed by atoms with Gasteiger partial charge in [-0.3, -0.25) is 0 Å². The number of benzene rings is 3. The number of fused-ring (bicyclic) bond motifs is 1. The van der Waals surface area contributed by atoms with Crippen LogP contribution in [-0.4, -0.2) is 21.7 Å². The summed E-state index contributed by atoms with van der Waals surface area (Å²) < 4.78 is 2.22. The van der Waals surface area contributed by atoms with Crippen molar-refractivity contribution in [2.45, 2.75) is 27.7 Å². The van der Waals surface area contributed by atoms with Crippen molar-refractivity contribution < 1.29 is 10.0 Å². The molecule has 0 amide bonds. The van der Waals surface area contributed by atoms with E-state index in [2.05, 4.69) is 41.5 Å². The van der Waals surface area contributed by atoms with E-state index in [4.69, 9.17) is 0 Å². The van der Waals surface area contributed by atoms with Gasteiger partial charge in [0, 0.05) is 16.8 Å². The number of aromatic nitrogens is 1. The van der Waals surface area contributed by atoms with E-state index in [9.17, 15) is 10.0 Å². The zero-order valence-electron chi connectivity index (χ0n) is 19.4. The second kappa shape index (κ2) is 12.5. The molecule has 0 fully saturated rings. The maximum atomic E-state index is 9.40. The fourth-order valence-electron chi connectivity index (χ4n) is 3.44. The molecule has 0 aliphatic carbocycles. The first kappa shape index (κ1) is 24.9. The van der Waals surface area contributed by atoms with Gasteiger partial charge in [-0.25, -0.2) is 0 Å². The van der Waals surface area contributed by atoms with Crippen molar-refractivity contribution in [3.63, 3.8) is 0 Å². The van der Waals surface area contributed by atoms with Gasteiger partial charge in [-0.05, 0) is 46.9 Å². The van der Waals surface area contributed by atoms with Gasteiger partial charge >= 0.3 is 7.12 Å². The molecule has 32 heavy (non-hydrogen) atoms. The van der Waals surface area contributed by atoms with Gasteiger partial charge in [-0.2, -0.15) is 0 Å². The van der Waals surface area contributed by atoms with E-state index in [0.29, 0.717) is 5.46 Å². The highest BCUT2D eigenvalue weighted by Crippen LogP contribution is 2.27. The summed E-state index contributed by atoms with van der Waals surface area (Å²) >= 11 is 0. The van der Waals surface area contributed by atoms with E-state index >= 15 is 0 Å². The third-order valence-electron chi connectivity index (χ3n) is 4.79. The van der Waals surface area contributed by atoms with Crippen LogP contribution in [0.5, 0.6) is 0 Å². The fourth-order valence-corrected chi connectivity index (χ4v) is 3.44. The molecule has 0 saturated heterocycles. The van der Waals surface area contributed by atoms with Crippen molar-refractivity contribution in [1.29, 1.82) is 0 Å². The molecule has 0 saturated carbocycles. The van der Waals surface area contributed by atoms with Crippen LogP contribution in [0.2, 0.25) is 0 Å². The van der Waals surface area contributed by atoms with Gasteiger partial charge in [-0.15, -0.1) is 0 Å². The number of nitrogens with zero attached hydrogens (tertiary/aromatic N) is 1. The van der Waals surface area contributed by atoms with Crippen LogP contribution in [0.1, 0.15) is 33.4 Å². The SMILES string of the molecule is C=C/C=C\c1cc2ccccc2n1-c1ccc(-c2cccc(B(O)O)c2)cc1.CC.CC. The largest absolute Gasteiger partial charge is 0.488 e. The summed E-state index contributed by atoms with van der Waals surface area (Å²) in [6, 6.07) is 26.0. The fraction of sp³-hybridized carbons (Fsp3) is 0.143. The van der Waals surface area contributed by atoms with Gasteiger partial charge in [0.15, 0.2) is 0 Å². The molecule has 0 unspecified atom stereocenters. The van der Waals surface area contributed by atoms with E-state index in [1.165, 1.54) is 5.39 Å². The van der Waals surface area contributed by atoms with Gasteiger partial charge in [-0.1, -0.05) is 101 Å². The molecular weight excluding hydrogens is 393 g/mol. The zero-order chi connectivity index (χ0) is 23.5. The predicted molar refractivity (Wildman–Crippen MR) is 140 cm³/mol. The lowest BCUT2D eigenvalue weighted by atomic mass is 9.79. The molecule has 3 nitrogen and oxygen atoms in total. The zero-order valence-corrected chi connectivity index (χ0v) is 19.4. The molecule has 4 aromatic rings. The van der Waals surface area contributed by atoms with Gasteiger partial charge in [0.2, 0.25) is 0 Å². The minimum Gasteiger partial charge on any atom is -0.423 e. The van der Waals surface area contributed by atoms with Crippen molar-refractivity contribution in [2.24, 2.45) is 0 Å². The number of hydrogen-bond acceptors (Lipinski definition) is 2. The van der Waals surface area contributed by atoms with E-state index in [1.54, 1.807) is 18.2 Å². The van der Waals surface area contributed by atoms with Crippen LogP contribution in [-0.2, 0) is 0 Å². The molecule has 0 aliphatic rings. The average molecular weight is 425 g/mol. The number of para-hydroxylation sites is 1. The summed E-state index contributed by atoms with van der Waals surface area (Å²) in [6.07, 6.45) is 5.76. The maximum absolute atomic E-state index is 9.40. The highest BCUT2D eigenvalue weighted by atomic mass is 16.4. The van der Waals surface area contributed by atoms with Crippen LogP contribution in [0.25, 0.3) is 33.8 Å². The van der Waals surface area contributed by atoms with E-state index in [1.807, 2.05) is 76.2 Å². The molecule has 0 spiro atoms. The Labute approximate surface area is 192 Å². The first-order chi connectivity index (χ1) is 15.7. The molecule has 1 heterocycles. The molecule has 1 aromatic heterocycles. The maximum Gasteiger partial charge on any atom is 0.488 e. The predicted octanol–water partition coefficient (Wildman–Crippen LogP) is 6.23. The molecule has 2 N–H and O–H groups in total. The number of allylic oxidation sites excluding steroid dienone is 2. The number of rotatable bonds is 5. The molecule has 0 atom stereocenters. The molecular formula is C28H32BNO2. The summed E-state index contributed by atoms with van der Waals surface area (Å²) in [7, 11) is -1.47. The Morgan fingerprint density at radius 3 is 2.12 bits per heavy atom. The second-order valence-electron chi connectivity index (χ2n) is 6.60. The minimum absolute atomic E-state index is 0.481. The van der Waals surface area contributed by atoms with Crippen LogP contribution < -0.4 is 5.46 Å². The highest BCUT2D eigenvalue weighted by Gasteiger charge is 2.12. The van der Waals surface area contributed by atoms with Crippen LogP contribution in [0.3, 0.4) is 0 Å². The lowest BCUT2D eigenvalue weighted by Crippen LogP contribution is -2.29. The molecule has 0 aliphatic heterocycles. The molecule has 4 rings (SSSR count). The standard InChI is InChI=1S/C24H20BNO2.2C2H6/c1-2-3-10-23-17-20-7-4-5-11-24(20)26(23)22-14-12-18(13-15-22)19-8-6-9-21(16-19)25(27)28;2*1-2/h2-17,27-28H,1H2;2*1-2H3/b10-3-;;. The lowest BCUT2D eigenvalue weighted by Gasteiger charge is -2.11. The van der Waals surface area contributed by atoms with Crippen LogP contribution in [0.15, 0.2) is 97.6 Å². The van der Waals surface area contributed by atoms with Crippen molar-refractivity contribution in [3.05, 3.63) is 103 Å². The number of hydrogen-bond donors (Lipinski definition) is 2. The quantitative estimate of drug-likeness (QED) is 0.294. The first-order valence-corrected chi connectivity index (χ1v) is 11.1. The summed E-state index contributed by atoms with van der Waals surface area (Å²) in [5, 5.41) is 20.0. The Balaban J connectivity index is 0.000000860. The average Bonchev–Trinajstić information content (AvgIpc) is 3.23. The highest BCUT2D eigenvalue weighted by molar-refractivity contribution is 6.58. The second-order valence-corrected chi connectivity index (χ2v) is 6.60. The molecule has 0 bridgehead atoms. The van der Waals surface area contributed by atoms with E-state index in [0.717, 1.165) is 28.0 Å². The molecule has 3 aromatic carbocycles. The van der Waals surface area contributed by atoms with Crippen LogP contribution >= 0.6 is 0 Å². The Morgan fingerprint density at radius 1 is 0.781 bits per heavy atom. The van der Waals surface area contributed by atoms with E-state index in [-0.39, 0.29) is 0 Å². The molecule has 4 heteroatoms. The Hall–Kier alpha value is -3.34. The third kappa shape index (κ3) is 5.67. The summed E-state index contributed by atoms with van der Waals surface area (Å²) in [5.41, 5.74) is 5.73. The lowest BCUT2D eigenvalue weighted by molar-refractivity contribution is 0.426. The Kier molecular flexibility index (Phi) is 9.74. The smallest absolute Gasteiger partial charge is 0.423 e. The van der Waals surface area contributed by atoms with Crippen LogP contribution in [0, 0.1) is 0 Å². The normalized spacial score (nSPS) is 10.2. The third-order valence-corrected chi connectivity index (χ3v) is 4.79. The van der Waals surface area contributed by atoms with Gasteiger partial charge < -0.3 is 14.6 Å². The van der Waals surface area contributed by atoms with Gasteiger partial charge in [0.1, 0.15) is 0 Å². The van der Waals surface area contributed by atoms with Crippen molar-refractivity contribution in [2.75, 3.05) is 0 Å². The van der Waals surface area contributed by atoms with Crippen LogP contribution in [0.4, 0.5) is 0 Å². The Bertz CT molecular complexity index is 1160. The molecule has 164 valence electrons. The van der Waals surface area contributed by atoms with E-state index < -0.39 is 7.12 Å². The minimum atomic E-state index is -1.47. The van der Waals surface area contributed by atoms with Crippen molar-refractivity contribution >= 4 is 29.6 Å². The van der Waals surface area contributed by atoms with Crippen molar-refractivity contribution in [3.8, 4) is 16.8 Å². The van der Waals surface area contributed by atoms with Crippen molar-refractivity contribution in [1.82, 2.24) is 4.57 Å². The summed E-state index contributed by atoms with van der Waals surface area (Å²) in [4.78, 5) is 0. The Morgan fingerprint density at radius 2 is 1.47 bits per heavy atom.